The van der Waals surface area contributed by atoms with Gasteiger partial charge in [0.15, 0.2) is 0 Å². The minimum Gasteiger partial charge on any atom is -0.497 e. The second-order valence-electron chi connectivity index (χ2n) is 6.34. The smallest absolute Gasteiger partial charge is 0.224 e. The van der Waals surface area contributed by atoms with E-state index < -0.39 is 6.04 Å². The first kappa shape index (κ1) is 22.8. The molecule has 0 heterocycles. The number of thiocarbonyl (C=S) groups is 1. The van der Waals surface area contributed by atoms with E-state index in [1.54, 1.807) is 7.11 Å². The molecule has 0 fully saturated rings. The van der Waals surface area contributed by atoms with Gasteiger partial charge in [0.25, 0.3) is 0 Å². The SMILES string of the molecule is CCOC(=S)S/C(=C/P(=S)(c1ccccc1)c1ccccc1)c1ccc(OC)cc1. The summed E-state index contributed by atoms with van der Waals surface area (Å²) in [5, 5.41) is 2.28. The van der Waals surface area contributed by atoms with Gasteiger partial charge in [-0.1, -0.05) is 84.6 Å². The monoisotopic (exact) mass is 470 g/mol. The van der Waals surface area contributed by atoms with Crippen LogP contribution in [0, 0.1) is 0 Å². The van der Waals surface area contributed by atoms with E-state index in [9.17, 15) is 0 Å². The van der Waals surface area contributed by atoms with E-state index in [2.05, 4.69) is 30.1 Å². The van der Waals surface area contributed by atoms with Crippen molar-refractivity contribution in [2.24, 2.45) is 0 Å². The second kappa shape index (κ2) is 10.9. The van der Waals surface area contributed by atoms with Gasteiger partial charge in [-0.05, 0) is 65.0 Å². The molecule has 30 heavy (non-hydrogen) atoms. The summed E-state index contributed by atoms with van der Waals surface area (Å²) >= 11 is 13.3. The molecule has 0 bridgehead atoms. The Hall–Kier alpha value is -1.91. The second-order valence-corrected chi connectivity index (χ2v) is 12.3. The maximum Gasteiger partial charge on any atom is 0.224 e. The zero-order chi connectivity index (χ0) is 21.4. The lowest BCUT2D eigenvalue weighted by molar-refractivity contribution is 0.346. The first-order chi connectivity index (χ1) is 14.6. The molecule has 0 saturated heterocycles. The molecule has 0 aromatic heterocycles. The zero-order valence-corrected chi connectivity index (χ0v) is 20.2. The van der Waals surface area contributed by atoms with E-state index >= 15 is 0 Å². The third-order valence-corrected chi connectivity index (χ3v) is 10.1. The average molecular weight is 471 g/mol. The molecule has 0 spiro atoms. The summed E-state index contributed by atoms with van der Waals surface area (Å²) in [4.78, 5) is 0.993. The Labute approximate surface area is 193 Å². The van der Waals surface area contributed by atoms with Crippen LogP contribution in [0.3, 0.4) is 0 Å². The predicted octanol–water partition coefficient (Wildman–Crippen LogP) is 6.18. The van der Waals surface area contributed by atoms with Gasteiger partial charge in [0, 0.05) is 10.9 Å². The lowest BCUT2D eigenvalue weighted by Crippen LogP contribution is -2.14. The third kappa shape index (κ3) is 5.61. The van der Waals surface area contributed by atoms with E-state index in [0.717, 1.165) is 26.8 Å². The Morgan fingerprint density at radius 2 is 1.43 bits per heavy atom. The van der Waals surface area contributed by atoms with E-state index in [-0.39, 0.29) is 0 Å². The molecule has 6 heteroatoms. The van der Waals surface area contributed by atoms with Gasteiger partial charge in [0.1, 0.15) is 5.75 Å². The molecule has 3 aromatic rings. The fourth-order valence-electron chi connectivity index (χ4n) is 2.91. The molecule has 3 rings (SSSR count). The van der Waals surface area contributed by atoms with Crippen LogP contribution in [0.15, 0.2) is 90.7 Å². The van der Waals surface area contributed by atoms with Gasteiger partial charge in [0.2, 0.25) is 4.38 Å². The van der Waals surface area contributed by atoms with Crippen LogP contribution in [0.1, 0.15) is 12.5 Å². The summed E-state index contributed by atoms with van der Waals surface area (Å²) in [6, 6.07) is 26.4. The normalized spacial score (nSPS) is 11.7. The highest BCUT2D eigenvalue weighted by atomic mass is 32.4. The van der Waals surface area contributed by atoms with Gasteiger partial charge in [0.05, 0.1) is 13.7 Å². The van der Waals surface area contributed by atoms with Crippen molar-refractivity contribution in [3.63, 3.8) is 0 Å². The molecular formula is C24H23O2PS3. The molecular weight excluding hydrogens is 447 g/mol. The van der Waals surface area contributed by atoms with Gasteiger partial charge in [-0.2, -0.15) is 0 Å². The Balaban J connectivity index is 2.17. The highest BCUT2D eigenvalue weighted by Crippen LogP contribution is 2.50. The summed E-state index contributed by atoms with van der Waals surface area (Å²) in [5.74, 6) is 3.02. The Bertz CT molecular complexity index is 1010. The number of methoxy groups -OCH3 is 1. The topological polar surface area (TPSA) is 18.5 Å². The van der Waals surface area contributed by atoms with Crippen molar-refractivity contribution < 1.29 is 9.47 Å². The maximum absolute atomic E-state index is 6.39. The highest BCUT2D eigenvalue weighted by Gasteiger charge is 2.22. The van der Waals surface area contributed by atoms with Crippen molar-refractivity contribution in [1.29, 1.82) is 0 Å². The standard InChI is InChI=1S/C24H23O2PS3/c1-3-26-24(28)30-23(19-14-16-20(25-2)17-15-19)18-27(29,21-10-6-4-7-11-21)22-12-8-5-9-13-22/h4-18H,3H2,1-2H3/b23-18+. The minimum atomic E-state index is -2.24. The van der Waals surface area contributed by atoms with Crippen molar-refractivity contribution >= 4 is 61.7 Å². The Morgan fingerprint density at radius 1 is 0.900 bits per heavy atom. The van der Waals surface area contributed by atoms with Crippen LogP contribution in [0.25, 0.3) is 4.91 Å². The van der Waals surface area contributed by atoms with Crippen LogP contribution < -0.4 is 15.3 Å². The molecule has 0 radical (unpaired) electrons. The van der Waals surface area contributed by atoms with Gasteiger partial charge in [-0.15, -0.1) is 0 Å². The van der Waals surface area contributed by atoms with Crippen molar-refractivity contribution in [3.8, 4) is 5.75 Å². The number of rotatable bonds is 7. The van der Waals surface area contributed by atoms with E-state index in [1.807, 2.05) is 67.6 Å². The molecule has 0 atom stereocenters. The van der Waals surface area contributed by atoms with Crippen LogP contribution >= 0.6 is 30.0 Å². The number of hydrogen-bond acceptors (Lipinski definition) is 5. The summed E-state index contributed by atoms with van der Waals surface area (Å²) in [5.41, 5.74) is 1.03. The first-order valence-corrected chi connectivity index (χ1v) is 13.6. The molecule has 0 N–H and O–H groups in total. The molecule has 154 valence electrons. The lowest BCUT2D eigenvalue weighted by Gasteiger charge is -2.22. The fourth-order valence-corrected chi connectivity index (χ4v) is 8.15. The Kier molecular flexibility index (Phi) is 8.29. The zero-order valence-electron chi connectivity index (χ0n) is 16.9. The first-order valence-electron chi connectivity index (χ1n) is 9.49. The number of thioether (sulfide) groups is 1. The number of benzene rings is 3. The largest absolute Gasteiger partial charge is 0.497 e. The van der Waals surface area contributed by atoms with Gasteiger partial charge in [-0.25, -0.2) is 0 Å². The highest BCUT2D eigenvalue weighted by molar-refractivity contribution is 8.30. The molecule has 0 aliphatic heterocycles. The van der Waals surface area contributed by atoms with Crippen molar-refractivity contribution in [2.45, 2.75) is 6.92 Å². The third-order valence-electron chi connectivity index (χ3n) is 4.41. The molecule has 0 unspecified atom stereocenters. The van der Waals surface area contributed by atoms with Crippen LogP contribution in [0.5, 0.6) is 5.75 Å². The van der Waals surface area contributed by atoms with E-state index in [0.29, 0.717) is 11.0 Å². The average Bonchev–Trinajstić information content (AvgIpc) is 2.80. The molecule has 0 amide bonds. The predicted molar refractivity (Wildman–Crippen MR) is 139 cm³/mol. The van der Waals surface area contributed by atoms with Crippen LogP contribution in [-0.4, -0.2) is 18.1 Å². The summed E-state index contributed by atoms with van der Waals surface area (Å²) in [6.45, 7) is 2.47. The van der Waals surface area contributed by atoms with Crippen molar-refractivity contribution in [2.75, 3.05) is 13.7 Å². The van der Waals surface area contributed by atoms with Crippen molar-refractivity contribution in [1.82, 2.24) is 0 Å². The van der Waals surface area contributed by atoms with Gasteiger partial charge in [-0.3, -0.25) is 0 Å². The molecule has 3 aromatic carbocycles. The van der Waals surface area contributed by atoms with Crippen LogP contribution in [0.4, 0.5) is 0 Å². The molecule has 0 aliphatic rings. The minimum absolute atomic E-state index is 0.488. The van der Waals surface area contributed by atoms with Gasteiger partial charge >= 0.3 is 0 Å². The van der Waals surface area contributed by atoms with Gasteiger partial charge < -0.3 is 9.47 Å². The maximum atomic E-state index is 6.39. The summed E-state index contributed by atoms with van der Waals surface area (Å²) < 4.78 is 11.4. The van der Waals surface area contributed by atoms with E-state index in [4.69, 9.17) is 33.5 Å². The quantitative estimate of drug-likeness (QED) is 0.302. The van der Waals surface area contributed by atoms with Crippen molar-refractivity contribution in [3.05, 3.63) is 96.3 Å². The summed E-state index contributed by atoms with van der Waals surface area (Å²) in [7, 11) is 1.66. The van der Waals surface area contributed by atoms with Crippen LogP contribution in [-0.2, 0) is 16.5 Å². The Morgan fingerprint density at radius 3 is 1.90 bits per heavy atom. The van der Waals surface area contributed by atoms with Crippen LogP contribution in [0.2, 0.25) is 0 Å². The fraction of sp³-hybridized carbons (Fsp3) is 0.125. The summed E-state index contributed by atoms with van der Waals surface area (Å²) in [6.07, 6.45) is 0. The lowest BCUT2D eigenvalue weighted by atomic mass is 10.2. The number of hydrogen-bond donors (Lipinski definition) is 0. The molecule has 2 nitrogen and oxygen atoms in total. The molecule has 0 aliphatic carbocycles. The molecule has 0 saturated carbocycles. The number of ether oxygens (including phenoxy) is 2. The van der Waals surface area contributed by atoms with E-state index in [1.165, 1.54) is 11.8 Å².